The van der Waals surface area contributed by atoms with E-state index in [-0.39, 0.29) is 36.6 Å². The van der Waals surface area contributed by atoms with E-state index in [0.717, 1.165) is 199 Å². The lowest BCUT2D eigenvalue weighted by molar-refractivity contribution is -0.266. The fourth-order valence-electron chi connectivity index (χ4n) is 23.8. The van der Waals surface area contributed by atoms with Gasteiger partial charge in [0.05, 0.1) is 70.2 Å². The summed E-state index contributed by atoms with van der Waals surface area (Å²) in [7, 11) is 0. The summed E-state index contributed by atoms with van der Waals surface area (Å²) >= 11 is 0. The Hall–Kier alpha value is -0.280. The molecule has 0 spiro atoms. The van der Waals surface area contributed by atoms with Crippen molar-refractivity contribution in [3.05, 3.63) is 0 Å². The van der Waals surface area contributed by atoms with E-state index >= 15 is 0 Å². The molecule has 0 amide bonds. The van der Waals surface area contributed by atoms with Crippen LogP contribution < -0.4 is 0 Å². The van der Waals surface area contributed by atoms with Gasteiger partial charge in [0.2, 0.25) is 0 Å². The summed E-state index contributed by atoms with van der Waals surface area (Å²) in [6.45, 7) is 72.7. The highest BCUT2D eigenvalue weighted by Crippen LogP contribution is 2.50. The minimum atomic E-state index is -0.911. The van der Waals surface area contributed by atoms with Gasteiger partial charge >= 0.3 is 0 Å². The molecule has 7 nitrogen and oxygen atoms in total. The van der Waals surface area contributed by atoms with Gasteiger partial charge in [-0.15, -0.1) is 0 Å². The Balaban J connectivity index is 2.19. The van der Waals surface area contributed by atoms with E-state index in [1.807, 2.05) is 0 Å². The van der Waals surface area contributed by atoms with Gasteiger partial charge in [-0.2, -0.15) is 0 Å². The van der Waals surface area contributed by atoms with Crippen LogP contribution in [0.4, 0.5) is 0 Å². The molecule has 3 aliphatic heterocycles. The molecule has 0 aromatic rings. The maximum atomic E-state index is 12.8. The lowest BCUT2D eigenvalue weighted by atomic mass is 9.82. The van der Waals surface area contributed by atoms with Crippen molar-refractivity contribution in [1.29, 1.82) is 0 Å². The zero-order chi connectivity index (χ0) is 94.8. The SMILES string of the molecule is CC(C)CCC[C@@H](C)CCC[C@@H](C)CCCC(C)(O)C1CCC(C(C)(CCC[C@H](C)CCC[C@H](C)CCCC(C)C)OC(C)(CCC[C@H](C)CCC[C@H](C)CCCC(C)C)C2CCC(C(C)(CCC[C@H](C)CCC[C@H](C)CCCC(C)C)OC(C)(CCC[C@H](C)CCC[C@H](C)CCCC(C)C)C3CCC(C(C)(O)CCC[C@H](C)CCC[C@H](C)CCCC(C)C)O3)O2)O1. The summed E-state index contributed by atoms with van der Waals surface area (Å²) in [5.74, 6) is 13.4. The number of hydrogen-bond donors (Lipinski definition) is 2. The third kappa shape index (κ3) is 54.0. The minimum Gasteiger partial charge on any atom is -0.387 e. The van der Waals surface area contributed by atoms with Crippen LogP contribution in [0.1, 0.15) is 593 Å². The smallest absolute Gasteiger partial charge is 0.0923 e. The van der Waals surface area contributed by atoms with E-state index in [2.05, 4.69) is 208 Å². The molecule has 758 valence electrons. The molecule has 3 heterocycles. The lowest BCUT2D eigenvalue weighted by Crippen LogP contribution is -2.56. The van der Waals surface area contributed by atoms with Gasteiger partial charge in [-0.25, -0.2) is 0 Å². The number of hydrogen-bond acceptors (Lipinski definition) is 7. The topological polar surface area (TPSA) is 86.6 Å². The van der Waals surface area contributed by atoms with Gasteiger partial charge in [0.25, 0.3) is 0 Å². The third-order valence-electron chi connectivity index (χ3n) is 33.6. The Kier molecular flexibility index (Phi) is 62.4. The van der Waals surface area contributed by atoms with Gasteiger partial charge < -0.3 is 33.9 Å². The monoisotopic (exact) mass is 1790 g/mol. The Morgan fingerprint density at radius 3 is 0.449 bits per heavy atom. The summed E-state index contributed by atoms with van der Waals surface area (Å²) in [5, 5.41) is 25.6. The molecule has 0 saturated carbocycles. The molecule has 0 radical (unpaired) electrons. The van der Waals surface area contributed by atoms with Gasteiger partial charge in [-0.3, -0.25) is 0 Å². The lowest BCUT2D eigenvalue weighted by Gasteiger charge is -2.48. The zero-order valence-electron chi connectivity index (χ0n) is 92.2. The molecule has 3 rings (SSSR count). The predicted molar refractivity (Wildman–Crippen MR) is 559 cm³/mol. The summed E-state index contributed by atoms with van der Waals surface area (Å²) in [4.78, 5) is 0. The van der Waals surface area contributed by atoms with Gasteiger partial charge in [0, 0.05) is 0 Å². The molecule has 2 N–H and O–H groups in total. The average molecular weight is 1790 g/mol. The molecule has 3 aliphatic rings. The van der Waals surface area contributed by atoms with Gasteiger partial charge in [0.15, 0.2) is 0 Å². The van der Waals surface area contributed by atoms with Crippen LogP contribution >= 0.6 is 0 Å². The van der Waals surface area contributed by atoms with Crippen molar-refractivity contribution < 1.29 is 33.9 Å². The first kappa shape index (κ1) is 121. The molecule has 0 aliphatic carbocycles. The van der Waals surface area contributed by atoms with E-state index in [4.69, 9.17) is 23.7 Å². The van der Waals surface area contributed by atoms with Crippen molar-refractivity contribution in [3.8, 4) is 0 Å². The van der Waals surface area contributed by atoms with Crippen molar-refractivity contribution in [1.82, 2.24) is 0 Å². The Bertz CT molecular complexity index is 2420. The van der Waals surface area contributed by atoms with Gasteiger partial charge in [-0.1, -0.05) is 474 Å². The number of ether oxygens (including phenoxy) is 5. The molecular formula is C120H236O7. The molecule has 0 aromatic carbocycles. The fraction of sp³-hybridized carbons (Fsp3) is 1.00. The van der Waals surface area contributed by atoms with E-state index in [9.17, 15) is 10.2 Å². The summed E-state index contributed by atoms with van der Waals surface area (Å²) in [6, 6.07) is 0. The normalized spacial score (nSPS) is 23.8. The quantitative estimate of drug-likeness (QED) is 0.0627. The second-order valence-electron chi connectivity index (χ2n) is 51.4. The van der Waals surface area contributed by atoms with Gasteiger partial charge in [0.1, 0.15) is 0 Å². The van der Waals surface area contributed by atoms with Crippen LogP contribution in [0.25, 0.3) is 0 Å². The van der Waals surface area contributed by atoms with Crippen LogP contribution in [0.15, 0.2) is 0 Å². The minimum absolute atomic E-state index is 0.127. The zero-order valence-corrected chi connectivity index (χ0v) is 92.2. The maximum Gasteiger partial charge on any atom is 0.0923 e. The molecule has 24 atom stereocenters. The Labute approximate surface area is 798 Å². The van der Waals surface area contributed by atoms with E-state index in [1.54, 1.807) is 0 Å². The largest absolute Gasteiger partial charge is 0.387 e. The molecule has 127 heavy (non-hydrogen) atoms. The maximum absolute atomic E-state index is 12.8. The first-order valence-electron chi connectivity index (χ1n) is 57.6. The second-order valence-corrected chi connectivity index (χ2v) is 51.4. The van der Waals surface area contributed by atoms with E-state index in [1.165, 1.54) is 257 Å². The molecule has 12 unspecified atom stereocenters. The highest BCUT2D eigenvalue weighted by atomic mass is 16.6. The number of aliphatic hydroxyl groups is 2. The highest BCUT2D eigenvalue weighted by molar-refractivity contribution is 5.05. The predicted octanol–water partition coefficient (Wildman–Crippen LogP) is 37.8. The standard InChI is InChI=1S/C120H236O7/c1-91(2)49-31-55-97(13)61-37-67-103(19)73-43-85-115(25,121)109-79-81-111(123-109)117(27,87-45-75-105(21)69-39-63-99(15)57-33-51-93(5)6)126-119(29,89-47-77-107(23)71-41-65-101(17)59-35-53-95(9)10)113-83-84-114(125-113)120(30,90-48-78-108(24)72-42-66-102(18)60-36-54-96(11)12)127-118(28,88-46-76-106(22)70-40-64-100(16)58-34-52-94(7)8)112-82-80-110(124-112)116(26,122)86-44-74-104(20)68-38-62-98(14)56-32-50-92(3)4/h91-114,121-122H,31-90H2,1-30H3/t97-,98-,99-,100-,101-,102-,103-,104-,105-,106-,107-,108-,109?,110?,111?,112?,113?,114?,115?,116?,117?,118?,119?,120?/m1/s1. The van der Waals surface area contributed by atoms with Crippen LogP contribution in [-0.2, 0) is 23.7 Å². The average Bonchev–Trinajstić information content (AvgIpc) is 1.63. The van der Waals surface area contributed by atoms with Crippen molar-refractivity contribution in [3.63, 3.8) is 0 Å². The summed E-state index contributed by atoms with van der Waals surface area (Å²) in [6.07, 6.45) is 71.3. The second kappa shape index (κ2) is 65.6. The first-order chi connectivity index (χ1) is 59.8. The molecule has 0 aromatic heterocycles. The molecule has 3 saturated heterocycles. The fourth-order valence-corrected chi connectivity index (χ4v) is 23.8. The molecular weight excluding hydrogens is 1550 g/mol. The third-order valence-corrected chi connectivity index (χ3v) is 33.6. The van der Waals surface area contributed by atoms with Gasteiger partial charge in [-0.05, 0) is 225 Å². The van der Waals surface area contributed by atoms with Crippen LogP contribution in [-0.4, -0.2) is 80.4 Å². The highest BCUT2D eigenvalue weighted by Gasteiger charge is 2.56. The Morgan fingerprint density at radius 1 is 0.181 bits per heavy atom. The summed E-state index contributed by atoms with van der Waals surface area (Å²) < 4.78 is 40.2. The Morgan fingerprint density at radius 2 is 0.299 bits per heavy atom. The molecule has 0 bridgehead atoms. The molecule has 7 heteroatoms. The van der Waals surface area contributed by atoms with Crippen LogP contribution in [0.5, 0.6) is 0 Å². The van der Waals surface area contributed by atoms with Crippen molar-refractivity contribution >= 4 is 0 Å². The van der Waals surface area contributed by atoms with E-state index < -0.39 is 33.6 Å². The molecule has 3 fully saturated rings. The first-order valence-corrected chi connectivity index (χ1v) is 57.6. The van der Waals surface area contributed by atoms with Crippen LogP contribution in [0.2, 0.25) is 0 Å². The van der Waals surface area contributed by atoms with Crippen molar-refractivity contribution in [2.75, 3.05) is 0 Å². The van der Waals surface area contributed by atoms with E-state index in [0.29, 0.717) is 35.5 Å². The van der Waals surface area contributed by atoms with Crippen molar-refractivity contribution in [2.45, 2.75) is 663 Å². The summed E-state index contributed by atoms with van der Waals surface area (Å²) in [5.41, 5.74) is -4.20. The van der Waals surface area contributed by atoms with Crippen LogP contribution in [0.3, 0.4) is 0 Å². The van der Waals surface area contributed by atoms with Crippen molar-refractivity contribution in [2.24, 2.45) is 107 Å². The number of rotatable bonds is 82. The van der Waals surface area contributed by atoms with Crippen LogP contribution in [0, 0.1) is 107 Å².